The second-order valence-corrected chi connectivity index (χ2v) is 9.55. The second-order valence-electron chi connectivity index (χ2n) is 9.55. The van der Waals surface area contributed by atoms with Crippen LogP contribution in [0.1, 0.15) is 70.8 Å². The number of H-pyrrole nitrogens is 1. The second kappa shape index (κ2) is 8.48. The minimum atomic E-state index is -0.176. The molecule has 0 saturated carbocycles. The Balaban J connectivity index is 1.64. The first kappa shape index (κ1) is 21.6. The molecule has 2 aromatic rings. The van der Waals surface area contributed by atoms with E-state index in [-0.39, 0.29) is 17.4 Å². The van der Waals surface area contributed by atoms with Gasteiger partial charge in [0.2, 0.25) is 11.9 Å². The Labute approximate surface area is 184 Å². The lowest BCUT2D eigenvalue weighted by molar-refractivity contribution is -0.132. The van der Waals surface area contributed by atoms with Gasteiger partial charge in [-0.1, -0.05) is 20.8 Å². The van der Waals surface area contributed by atoms with E-state index in [1.165, 1.54) is 5.56 Å². The Kier molecular flexibility index (Phi) is 5.90. The largest absolute Gasteiger partial charge is 0.341 e. The van der Waals surface area contributed by atoms with E-state index in [0.717, 1.165) is 74.8 Å². The molecule has 0 aromatic carbocycles. The summed E-state index contributed by atoms with van der Waals surface area (Å²) in [7, 11) is 0. The Hall–Kier alpha value is -2.64. The first-order chi connectivity index (χ1) is 14.8. The number of aromatic amines is 1. The molecule has 0 spiro atoms. The fourth-order valence-corrected chi connectivity index (χ4v) is 4.55. The summed E-state index contributed by atoms with van der Waals surface area (Å²) in [5.74, 6) is 2.44. The van der Waals surface area contributed by atoms with Crippen LogP contribution in [0.3, 0.4) is 0 Å². The zero-order chi connectivity index (χ0) is 22.2. The molecule has 1 aliphatic heterocycles. The van der Waals surface area contributed by atoms with Crippen LogP contribution in [0.15, 0.2) is 6.07 Å². The van der Waals surface area contributed by atoms with E-state index in [9.17, 15) is 4.79 Å². The normalized spacial score (nSPS) is 18.4. The van der Waals surface area contributed by atoms with Crippen LogP contribution >= 0.6 is 0 Å². The molecular weight excluding hydrogens is 390 g/mol. The summed E-state index contributed by atoms with van der Waals surface area (Å²) in [4.78, 5) is 26.9. The standard InChI is InChI=1S/C23H35N7O/c1-6-29(7-2)21(31)17-12-9-13-30(17)22-24-16-11-8-10-15(16)20(26-22)25-19-14-18(27-28-19)23(3,4)5/h14,17H,6-13H2,1-5H3,(H2,24,25,26,27,28). The number of likely N-dealkylation sites (N-methyl/N-ethyl adjacent to an activating group) is 1. The minimum absolute atomic E-state index is 0.000721. The maximum Gasteiger partial charge on any atom is 0.245 e. The van der Waals surface area contributed by atoms with Gasteiger partial charge in [0.25, 0.3) is 0 Å². The number of fused-ring (bicyclic) bond motifs is 1. The third-order valence-corrected chi connectivity index (χ3v) is 6.42. The van der Waals surface area contributed by atoms with Gasteiger partial charge in [0, 0.05) is 42.4 Å². The lowest BCUT2D eigenvalue weighted by Crippen LogP contribution is -2.46. The van der Waals surface area contributed by atoms with E-state index in [0.29, 0.717) is 5.95 Å². The highest BCUT2D eigenvalue weighted by molar-refractivity contribution is 5.85. The molecule has 3 heterocycles. The highest BCUT2D eigenvalue weighted by Gasteiger charge is 2.35. The average molecular weight is 426 g/mol. The molecule has 1 unspecified atom stereocenters. The minimum Gasteiger partial charge on any atom is -0.341 e. The van der Waals surface area contributed by atoms with Crippen molar-refractivity contribution in [1.29, 1.82) is 0 Å². The van der Waals surface area contributed by atoms with Crippen molar-refractivity contribution in [3.05, 3.63) is 23.0 Å². The van der Waals surface area contributed by atoms with Crippen molar-refractivity contribution in [2.45, 2.75) is 78.2 Å². The molecule has 31 heavy (non-hydrogen) atoms. The lowest BCUT2D eigenvalue weighted by Gasteiger charge is -2.29. The number of rotatable bonds is 6. The summed E-state index contributed by atoms with van der Waals surface area (Å²) in [5, 5.41) is 11.0. The molecule has 2 aromatic heterocycles. The van der Waals surface area contributed by atoms with E-state index in [4.69, 9.17) is 9.97 Å². The number of nitrogens with zero attached hydrogens (tertiary/aromatic N) is 5. The number of amides is 1. The predicted octanol–water partition coefficient (Wildman–Crippen LogP) is 3.57. The monoisotopic (exact) mass is 425 g/mol. The fraction of sp³-hybridized carbons (Fsp3) is 0.652. The molecule has 4 rings (SSSR count). The van der Waals surface area contributed by atoms with Gasteiger partial charge < -0.3 is 15.1 Å². The Morgan fingerprint density at radius 1 is 1.23 bits per heavy atom. The summed E-state index contributed by atoms with van der Waals surface area (Å²) < 4.78 is 0. The van der Waals surface area contributed by atoms with Crippen LogP contribution in [-0.2, 0) is 23.1 Å². The van der Waals surface area contributed by atoms with Gasteiger partial charge in [-0.15, -0.1) is 0 Å². The van der Waals surface area contributed by atoms with Gasteiger partial charge in [0.15, 0.2) is 5.82 Å². The molecule has 1 aliphatic carbocycles. The molecule has 8 heteroatoms. The number of aryl methyl sites for hydroxylation is 1. The fourth-order valence-electron chi connectivity index (χ4n) is 4.55. The van der Waals surface area contributed by atoms with Gasteiger partial charge in [0.05, 0.1) is 5.69 Å². The topological polar surface area (TPSA) is 90.0 Å². The highest BCUT2D eigenvalue weighted by atomic mass is 16.2. The molecule has 168 valence electrons. The van der Waals surface area contributed by atoms with Gasteiger partial charge >= 0.3 is 0 Å². The smallest absolute Gasteiger partial charge is 0.245 e. The molecule has 1 atom stereocenters. The van der Waals surface area contributed by atoms with Crippen LogP contribution < -0.4 is 10.2 Å². The van der Waals surface area contributed by atoms with Crippen molar-refractivity contribution in [1.82, 2.24) is 25.1 Å². The first-order valence-electron chi connectivity index (χ1n) is 11.6. The van der Waals surface area contributed by atoms with Gasteiger partial charge in [0.1, 0.15) is 11.9 Å². The van der Waals surface area contributed by atoms with Crippen LogP contribution in [0, 0.1) is 0 Å². The van der Waals surface area contributed by atoms with Gasteiger partial charge in [-0.05, 0) is 46.0 Å². The van der Waals surface area contributed by atoms with Gasteiger partial charge in [-0.3, -0.25) is 9.89 Å². The number of aromatic nitrogens is 4. The molecular formula is C23H35N7O. The third-order valence-electron chi connectivity index (χ3n) is 6.42. The highest BCUT2D eigenvalue weighted by Crippen LogP contribution is 2.33. The quantitative estimate of drug-likeness (QED) is 0.735. The molecule has 2 aliphatic rings. The van der Waals surface area contributed by atoms with E-state index >= 15 is 0 Å². The zero-order valence-corrected chi connectivity index (χ0v) is 19.5. The summed E-state index contributed by atoms with van der Waals surface area (Å²) in [6, 6.07) is 1.87. The number of anilines is 3. The van der Waals surface area contributed by atoms with Crippen molar-refractivity contribution in [3.8, 4) is 0 Å². The number of carbonyl (C=O) groups excluding carboxylic acids is 1. The van der Waals surface area contributed by atoms with Crippen LogP contribution in [-0.4, -0.2) is 56.6 Å². The van der Waals surface area contributed by atoms with E-state index < -0.39 is 0 Å². The molecule has 0 radical (unpaired) electrons. The Bertz CT molecular complexity index is 942. The van der Waals surface area contributed by atoms with Gasteiger partial charge in [-0.2, -0.15) is 10.1 Å². The number of hydrogen-bond acceptors (Lipinski definition) is 6. The molecule has 2 N–H and O–H groups in total. The number of hydrogen-bond donors (Lipinski definition) is 2. The molecule has 8 nitrogen and oxygen atoms in total. The summed E-state index contributed by atoms with van der Waals surface area (Å²) in [6.45, 7) is 12.8. The number of carbonyl (C=O) groups is 1. The maximum absolute atomic E-state index is 13.1. The molecule has 1 amide bonds. The van der Waals surface area contributed by atoms with Crippen LogP contribution in [0.4, 0.5) is 17.6 Å². The van der Waals surface area contributed by atoms with Crippen LogP contribution in [0.25, 0.3) is 0 Å². The van der Waals surface area contributed by atoms with E-state index in [2.05, 4.69) is 41.2 Å². The molecule has 1 fully saturated rings. The summed E-state index contributed by atoms with van der Waals surface area (Å²) >= 11 is 0. The summed E-state index contributed by atoms with van der Waals surface area (Å²) in [5.41, 5.74) is 3.35. The van der Waals surface area contributed by atoms with E-state index in [1.807, 2.05) is 24.8 Å². The third kappa shape index (κ3) is 4.25. The number of nitrogens with one attached hydrogen (secondary N) is 2. The maximum atomic E-state index is 13.1. The van der Waals surface area contributed by atoms with Crippen LogP contribution in [0.2, 0.25) is 0 Å². The Morgan fingerprint density at radius 2 is 2.00 bits per heavy atom. The SMILES string of the molecule is CCN(CC)C(=O)C1CCCN1c1nc2c(c(Nc3cc(C(C)(C)C)[nH]n3)n1)CCC2. The van der Waals surface area contributed by atoms with Crippen LogP contribution in [0.5, 0.6) is 0 Å². The van der Waals surface area contributed by atoms with Gasteiger partial charge in [-0.25, -0.2) is 4.98 Å². The average Bonchev–Trinajstić information content (AvgIpc) is 3.48. The van der Waals surface area contributed by atoms with Crippen molar-refractivity contribution < 1.29 is 4.79 Å². The lowest BCUT2D eigenvalue weighted by atomic mass is 9.92. The summed E-state index contributed by atoms with van der Waals surface area (Å²) in [6.07, 6.45) is 4.84. The zero-order valence-electron chi connectivity index (χ0n) is 19.5. The Morgan fingerprint density at radius 3 is 2.68 bits per heavy atom. The first-order valence-corrected chi connectivity index (χ1v) is 11.6. The van der Waals surface area contributed by atoms with Crippen molar-refractivity contribution in [2.75, 3.05) is 29.9 Å². The van der Waals surface area contributed by atoms with Crippen molar-refractivity contribution >= 4 is 23.5 Å². The molecule has 1 saturated heterocycles. The predicted molar refractivity (Wildman–Crippen MR) is 123 cm³/mol. The van der Waals surface area contributed by atoms with Crippen molar-refractivity contribution in [3.63, 3.8) is 0 Å². The molecule has 0 bridgehead atoms. The van der Waals surface area contributed by atoms with E-state index in [1.54, 1.807) is 0 Å². The van der Waals surface area contributed by atoms with Crippen molar-refractivity contribution in [2.24, 2.45) is 0 Å².